The van der Waals surface area contributed by atoms with Gasteiger partial charge < -0.3 is 15.0 Å². The first kappa shape index (κ1) is 18.3. The molecule has 1 aromatic rings. The Morgan fingerprint density at radius 3 is 2.65 bits per heavy atom. The number of morpholine rings is 1. The van der Waals surface area contributed by atoms with Crippen LogP contribution in [-0.4, -0.2) is 50.2 Å². The van der Waals surface area contributed by atoms with Crippen molar-refractivity contribution in [2.45, 2.75) is 13.3 Å². The Balaban J connectivity index is 1.75. The molecule has 1 heterocycles. The summed E-state index contributed by atoms with van der Waals surface area (Å²) >= 11 is 8.73. The first-order valence-electron chi connectivity index (χ1n) is 7.96. The molecule has 0 radical (unpaired) electrons. The number of nitrogens with one attached hydrogen (secondary N) is 3. The second-order valence-electron chi connectivity index (χ2n) is 5.40. The van der Waals surface area contributed by atoms with Crippen molar-refractivity contribution >= 4 is 39.0 Å². The Kier molecular flexibility index (Phi) is 7.94. The quantitative estimate of drug-likeness (QED) is 0.378. The summed E-state index contributed by atoms with van der Waals surface area (Å²) in [5.41, 5.74) is 5.03. The molecular formula is C16H24BrN4OS+. The van der Waals surface area contributed by atoms with Crippen LogP contribution in [-0.2, 0) is 4.74 Å². The third kappa shape index (κ3) is 6.55. The van der Waals surface area contributed by atoms with Gasteiger partial charge in [0.1, 0.15) is 13.1 Å². The van der Waals surface area contributed by atoms with Crippen molar-refractivity contribution in [1.82, 2.24) is 10.7 Å². The van der Waals surface area contributed by atoms with Crippen molar-refractivity contribution in [3.8, 4) is 0 Å². The molecule has 23 heavy (non-hydrogen) atoms. The molecule has 0 atom stereocenters. The van der Waals surface area contributed by atoms with Gasteiger partial charge in [-0.3, -0.25) is 5.43 Å². The van der Waals surface area contributed by atoms with E-state index in [9.17, 15) is 0 Å². The molecule has 1 saturated heterocycles. The van der Waals surface area contributed by atoms with Gasteiger partial charge in [-0.25, -0.2) is 0 Å². The Labute approximate surface area is 151 Å². The summed E-state index contributed by atoms with van der Waals surface area (Å²) in [7, 11) is 0. The molecule has 0 aliphatic carbocycles. The molecule has 0 unspecified atom stereocenters. The lowest BCUT2D eigenvalue weighted by molar-refractivity contribution is -0.906. The van der Waals surface area contributed by atoms with Gasteiger partial charge >= 0.3 is 0 Å². The van der Waals surface area contributed by atoms with Crippen LogP contribution in [0.5, 0.6) is 0 Å². The van der Waals surface area contributed by atoms with E-state index in [1.807, 2.05) is 24.3 Å². The minimum Gasteiger partial charge on any atom is -0.370 e. The summed E-state index contributed by atoms with van der Waals surface area (Å²) in [5.74, 6) is 0. The summed E-state index contributed by atoms with van der Waals surface area (Å²) in [5, 5.41) is 8.21. The molecule has 0 bridgehead atoms. The summed E-state index contributed by atoms with van der Waals surface area (Å²) < 4.78 is 6.42. The van der Waals surface area contributed by atoms with Gasteiger partial charge in [-0.15, -0.1) is 0 Å². The zero-order valence-corrected chi connectivity index (χ0v) is 15.8. The van der Waals surface area contributed by atoms with E-state index < -0.39 is 0 Å². The Morgan fingerprint density at radius 1 is 1.30 bits per heavy atom. The SMILES string of the molecule is CC/C(=N/NC(=S)NCC[NH+]1CCOCC1)c1ccc(Br)cc1. The molecule has 2 rings (SSSR count). The number of hydrogen-bond donors (Lipinski definition) is 3. The van der Waals surface area contributed by atoms with E-state index in [0.29, 0.717) is 5.11 Å². The maximum absolute atomic E-state index is 5.35. The smallest absolute Gasteiger partial charge is 0.187 e. The van der Waals surface area contributed by atoms with Crippen LogP contribution in [0.25, 0.3) is 0 Å². The highest BCUT2D eigenvalue weighted by molar-refractivity contribution is 9.10. The fourth-order valence-electron chi connectivity index (χ4n) is 2.41. The monoisotopic (exact) mass is 399 g/mol. The molecule has 0 amide bonds. The number of thiocarbonyl (C=S) groups is 1. The zero-order valence-electron chi connectivity index (χ0n) is 13.4. The number of nitrogens with zero attached hydrogens (tertiary/aromatic N) is 1. The Morgan fingerprint density at radius 2 is 2.00 bits per heavy atom. The van der Waals surface area contributed by atoms with E-state index in [1.165, 1.54) is 0 Å². The summed E-state index contributed by atoms with van der Waals surface area (Å²) in [6, 6.07) is 8.13. The van der Waals surface area contributed by atoms with E-state index in [1.54, 1.807) is 4.90 Å². The minimum atomic E-state index is 0.570. The van der Waals surface area contributed by atoms with Crippen molar-refractivity contribution in [2.75, 3.05) is 39.4 Å². The predicted molar refractivity (Wildman–Crippen MR) is 101 cm³/mol. The molecule has 7 heteroatoms. The number of ether oxygens (including phenoxy) is 1. The second kappa shape index (κ2) is 9.97. The molecule has 0 saturated carbocycles. The van der Waals surface area contributed by atoms with Crippen LogP contribution >= 0.6 is 28.1 Å². The average Bonchev–Trinajstić information content (AvgIpc) is 2.58. The van der Waals surface area contributed by atoms with Crippen LogP contribution in [0.3, 0.4) is 0 Å². The first-order chi connectivity index (χ1) is 11.2. The highest BCUT2D eigenvalue weighted by Gasteiger charge is 2.12. The minimum absolute atomic E-state index is 0.570. The Hall–Kier alpha value is -1.02. The number of rotatable bonds is 6. The van der Waals surface area contributed by atoms with Crippen molar-refractivity contribution in [3.05, 3.63) is 34.3 Å². The Bertz CT molecular complexity index is 529. The van der Waals surface area contributed by atoms with E-state index in [0.717, 1.165) is 61.6 Å². The van der Waals surface area contributed by atoms with Crippen LogP contribution in [0.1, 0.15) is 18.9 Å². The zero-order chi connectivity index (χ0) is 16.5. The number of hydrazone groups is 1. The van der Waals surface area contributed by atoms with Crippen molar-refractivity contribution in [2.24, 2.45) is 5.10 Å². The van der Waals surface area contributed by atoms with Gasteiger partial charge in [0.25, 0.3) is 0 Å². The van der Waals surface area contributed by atoms with Gasteiger partial charge in [-0.1, -0.05) is 35.0 Å². The number of halogens is 1. The van der Waals surface area contributed by atoms with E-state index in [2.05, 4.69) is 38.7 Å². The van der Waals surface area contributed by atoms with Gasteiger partial charge in [0.2, 0.25) is 0 Å². The molecule has 0 spiro atoms. The molecule has 3 N–H and O–H groups in total. The third-order valence-electron chi connectivity index (χ3n) is 3.77. The highest BCUT2D eigenvalue weighted by atomic mass is 79.9. The van der Waals surface area contributed by atoms with Crippen LogP contribution in [0.4, 0.5) is 0 Å². The van der Waals surface area contributed by atoms with Crippen LogP contribution in [0.15, 0.2) is 33.8 Å². The maximum atomic E-state index is 5.35. The second-order valence-corrected chi connectivity index (χ2v) is 6.72. The van der Waals surface area contributed by atoms with Gasteiger partial charge in [-0.05, 0) is 36.3 Å². The molecule has 1 fully saturated rings. The van der Waals surface area contributed by atoms with Crippen molar-refractivity contribution < 1.29 is 9.64 Å². The number of hydrogen-bond acceptors (Lipinski definition) is 3. The van der Waals surface area contributed by atoms with E-state index in [-0.39, 0.29) is 0 Å². The highest BCUT2D eigenvalue weighted by Crippen LogP contribution is 2.12. The lowest BCUT2D eigenvalue weighted by Crippen LogP contribution is -3.14. The third-order valence-corrected chi connectivity index (χ3v) is 4.53. The number of benzene rings is 1. The molecule has 0 aromatic heterocycles. The van der Waals surface area contributed by atoms with Crippen LogP contribution < -0.4 is 15.6 Å². The standard InChI is InChI=1S/C16H23BrN4OS/c1-2-15(13-3-5-14(17)6-4-13)19-20-16(23)18-7-8-21-9-11-22-12-10-21/h3-6H,2,7-12H2,1H3,(H2,18,20,23)/p+1/b19-15-. The molecule has 1 aliphatic rings. The fourth-order valence-corrected chi connectivity index (χ4v) is 2.82. The lowest BCUT2D eigenvalue weighted by atomic mass is 10.1. The first-order valence-corrected chi connectivity index (χ1v) is 9.17. The fraction of sp³-hybridized carbons (Fsp3) is 0.500. The van der Waals surface area contributed by atoms with Crippen LogP contribution in [0.2, 0.25) is 0 Å². The molecule has 1 aromatic carbocycles. The van der Waals surface area contributed by atoms with Gasteiger partial charge in [-0.2, -0.15) is 5.10 Å². The van der Waals surface area contributed by atoms with Gasteiger partial charge in [0.05, 0.1) is 32.0 Å². The predicted octanol–water partition coefficient (Wildman–Crippen LogP) is 0.942. The van der Waals surface area contributed by atoms with E-state index >= 15 is 0 Å². The molecule has 1 aliphatic heterocycles. The molecule has 126 valence electrons. The van der Waals surface area contributed by atoms with E-state index in [4.69, 9.17) is 17.0 Å². The van der Waals surface area contributed by atoms with Gasteiger partial charge in [0.15, 0.2) is 5.11 Å². The largest absolute Gasteiger partial charge is 0.370 e. The van der Waals surface area contributed by atoms with Crippen LogP contribution in [0, 0.1) is 0 Å². The molecular weight excluding hydrogens is 376 g/mol. The summed E-state index contributed by atoms with van der Waals surface area (Å²) in [6.45, 7) is 7.83. The van der Waals surface area contributed by atoms with Crippen molar-refractivity contribution in [3.63, 3.8) is 0 Å². The normalized spacial score (nSPS) is 16.2. The topological polar surface area (TPSA) is 50.1 Å². The lowest BCUT2D eigenvalue weighted by Gasteiger charge is -2.23. The molecule has 5 nitrogen and oxygen atoms in total. The summed E-state index contributed by atoms with van der Waals surface area (Å²) in [4.78, 5) is 1.55. The summed E-state index contributed by atoms with van der Waals surface area (Å²) in [6.07, 6.45) is 0.842. The maximum Gasteiger partial charge on any atom is 0.187 e. The number of quaternary nitrogens is 1. The van der Waals surface area contributed by atoms with Crippen molar-refractivity contribution in [1.29, 1.82) is 0 Å². The van der Waals surface area contributed by atoms with Gasteiger partial charge in [0, 0.05) is 4.47 Å². The average molecular weight is 400 g/mol.